The maximum Gasteiger partial charge on any atom is 0.270 e. The number of benzene rings is 2. The first-order valence-electron chi connectivity index (χ1n) is 10.6. The van der Waals surface area contributed by atoms with Gasteiger partial charge in [0.25, 0.3) is 5.56 Å². The Morgan fingerprint density at radius 3 is 2.37 bits per heavy atom. The number of nitrogens with one attached hydrogen (secondary N) is 3. The van der Waals surface area contributed by atoms with E-state index in [1.807, 2.05) is 6.07 Å². The van der Waals surface area contributed by atoms with E-state index >= 15 is 0 Å². The van der Waals surface area contributed by atoms with Gasteiger partial charge in [0, 0.05) is 29.1 Å². The Morgan fingerprint density at radius 2 is 1.69 bits per heavy atom. The maximum atomic E-state index is 12.5. The predicted octanol–water partition coefficient (Wildman–Crippen LogP) is 3.32. The van der Waals surface area contributed by atoms with Gasteiger partial charge < -0.3 is 24.8 Å². The molecule has 1 aromatic heterocycles. The zero-order chi connectivity index (χ0) is 25.0. The molecule has 0 saturated carbocycles. The van der Waals surface area contributed by atoms with Crippen molar-refractivity contribution < 1.29 is 19.0 Å². The second kappa shape index (κ2) is 13.2. The van der Waals surface area contributed by atoms with Crippen LogP contribution in [0.15, 0.2) is 53.3 Å². The fourth-order valence-corrected chi connectivity index (χ4v) is 3.08. The van der Waals surface area contributed by atoms with E-state index in [1.165, 1.54) is 0 Å². The number of carbonyl (C=O) groups is 1. The van der Waals surface area contributed by atoms with Crippen LogP contribution in [-0.4, -0.2) is 56.0 Å². The highest BCUT2D eigenvalue weighted by molar-refractivity contribution is 6.30. The summed E-state index contributed by atoms with van der Waals surface area (Å²) in [6.45, 7) is 1.49. The highest BCUT2D eigenvalue weighted by Gasteiger charge is 2.14. The van der Waals surface area contributed by atoms with Crippen LogP contribution >= 0.6 is 11.6 Å². The number of anilines is 3. The molecule has 0 fully saturated rings. The predicted molar refractivity (Wildman–Crippen MR) is 132 cm³/mol. The number of nitriles is 1. The molecular formula is C24H24ClN5O5. The van der Waals surface area contributed by atoms with Crippen LogP contribution in [0.1, 0.15) is 5.56 Å². The largest absolute Gasteiger partial charge is 0.382 e. The van der Waals surface area contributed by atoms with E-state index in [0.717, 1.165) is 0 Å². The highest BCUT2D eigenvalue weighted by Crippen LogP contribution is 2.23. The van der Waals surface area contributed by atoms with Crippen molar-refractivity contribution in [2.24, 2.45) is 0 Å². The Kier molecular flexibility index (Phi) is 9.77. The second-order valence-corrected chi connectivity index (χ2v) is 7.60. The Hall–Kier alpha value is -3.75. The van der Waals surface area contributed by atoms with Crippen LogP contribution in [0.25, 0.3) is 11.3 Å². The van der Waals surface area contributed by atoms with Crippen molar-refractivity contribution >= 4 is 34.8 Å². The normalized spacial score (nSPS) is 10.5. The second-order valence-electron chi connectivity index (χ2n) is 7.17. The molecule has 2 aromatic carbocycles. The smallest absolute Gasteiger partial charge is 0.270 e. The lowest BCUT2D eigenvalue weighted by Crippen LogP contribution is -2.20. The molecule has 3 N–H and O–H groups in total. The van der Waals surface area contributed by atoms with E-state index in [2.05, 4.69) is 20.6 Å². The Balaban J connectivity index is 1.64. The lowest BCUT2D eigenvalue weighted by Gasteiger charge is -2.10. The third kappa shape index (κ3) is 7.91. The van der Waals surface area contributed by atoms with Crippen LogP contribution in [0.4, 0.5) is 17.3 Å². The summed E-state index contributed by atoms with van der Waals surface area (Å²) in [5.41, 5.74) is 1.24. The van der Waals surface area contributed by atoms with Crippen molar-refractivity contribution in [2.45, 2.75) is 0 Å². The van der Waals surface area contributed by atoms with Crippen LogP contribution < -0.4 is 16.2 Å². The average Bonchev–Trinajstić information content (AvgIpc) is 2.85. The molecule has 1 amide bonds. The lowest BCUT2D eigenvalue weighted by atomic mass is 10.1. The van der Waals surface area contributed by atoms with Crippen molar-refractivity contribution in [3.63, 3.8) is 0 Å². The summed E-state index contributed by atoms with van der Waals surface area (Å²) in [5.74, 6) is -0.150. The minimum absolute atomic E-state index is 0.121. The number of nitrogens with zero attached hydrogens (tertiary/aromatic N) is 2. The third-order valence-corrected chi connectivity index (χ3v) is 4.87. The molecule has 3 aromatic rings. The first-order chi connectivity index (χ1) is 17.0. The number of hydrogen-bond donors (Lipinski definition) is 3. The highest BCUT2D eigenvalue weighted by atomic mass is 35.5. The summed E-state index contributed by atoms with van der Waals surface area (Å²) < 4.78 is 15.4. The third-order valence-electron chi connectivity index (χ3n) is 4.62. The summed E-state index contributed by atoms with van der Waals surface area (Å²) in [4.78, 5) is 31.5. The summed E-state index contributed by atoms with van der Waals surface area (Å²) in [7, 11) is 1.59. The molecule has 11 heteroatoms. The number of aromatic amines is 1. The summed E-state index contributed by atoms with van der Waals surface area (Å²) in [6.07, 6.45) is 0. The monoisotopic (exact) mass is 497 g/mol. The molecule has 0 atom stereocenters. The fourth-order valence-electron chi connectivity index (χ4n) is 2.95. The van der Waals surface area contributed by atoms with Crippen LogP contribution in [0.3, 0.4) is 0 Å². The minimum atomic E-state index is -0.574. The molecule has 3 rings (SSSR count). The van der Waals surface area contributed by atoms with Crippen LogP contribution in [0.5, 0.6) is 0 Å². The van der Waals surface area contributed by atoms with E-state index < -0.39 is 5.56 Å². The molecule has 1 heterocycles. The van der Waals surface area contributed by atoms with Gasteiger partial charge in [-0.3, -0.25) is 14.6 Å². The van der Waals surface area contributed by atoms with E-state index in [0.29, 0.717) is 41.8 Å². The Morgan fingerprint density at radius 1 is 1.03 bits per heavy atom. The number of rotatable bonds is 12. The molecule has 0 radical (unpaired) electrons. The average molecular weight is 498 g/mol. The summed E-state index contributed by atoms with van der Waals surface area (Å²) in [6, 6.07) is 15.4. The van der Waals surface area contributed by atoms with Crippen molar-refractivity contribution in [1.29, 1.82) is 5.26 Å². The van der Waals surface area contributed by atoms with Crippen molar-refractivity contribution in [1.82, 2.24) is 9.97 Å². The number of amides is 1. The summed E-state index contributed by atoms with van der Waals surface area (Å²) in [5, 5.41) is 15.8. The first kappa shape index (κ1) is 25.9. The summed E-state index contributed by atoms with van der Waals surface area (Å²) >= 11 is 5.90. The number of methoxy groups -OCH3 is 1. The molecule has 182 valence electrons. The molecule has 0 spiro atoms. The zero-order valence-electron chi connectivity index (χ0n) is 19.0. The van der Waals surface area contributed by atoms with Crippen molar-refractivity contribution in [3.05, 3.63) is 69.5 Å². The van der Waals surface area contributed by atoms with Gasteiger partial charge >= 0.3 is 0 Å². The minimum Gasteiger partial charge on any atom is -0.382 e. The Labute approximate surface area is 206 Å². The quantitative estimate of drug-likeness (QED) is 0.324. The van der Waals surface area contributed by atoms with Gasteiger partial charge in [0.1, 0.15) is 18.2 Å². The Bertz CT molecular complexity index is 1220. The van der Waals surface area contributed by atoms with Gasteiger partial charge in [-0.05, 0) is 36.4 Å². The topological polar surface area (TPSA) is 138 Å². The van der Waals surface area contributed by atoms with Gasteiger partial charge in [0.05, 0.1) is 32.1 Å². The number of carbonyl (C=O) groups excluding carboxylic acids is 1. The zero-order valence-corrected chi connectivity index (χ0v) is 19.7. The fraction of sp³-hybridized carbons (Fsp3) is 0.250. The molecule has 0 aliphatic rings. The van der Waals surface area contributed by atoms with Crippen LogP contribution in [0, 0.1) is 11.3 Å². The number of halogens is 1. The standard InChI is InChI=1S/C24H24ClN5O5/c1-33-10-11-34-12-13-35-15-21(31)27-18-6-2-16(3-7-18)22-20(14-26)23(32)30-24(29-22)28-19-8-4-17(25)5-9-19/h2-9H,10-13,15H2,1H3,(H,27,31)(H2,28,29,30,32). The number of ether oxygens (including phenoxy) is 3. The molecule has 0 aliphatic carbocycles. The molecule has 0 unspecified atom stereocenters. The van der Waals surface area contributed by atoms with E-state index in [4.69, 9.17) is 25.8 Å². The maximum absolute atomic E-state index is 12.5. The van der Waals surface area contributed by atoms with Gasteiger partial charge in [0.15, 0.2) is 0 Å². The van der Waals surface area contributed by atoms with Gasteiger partial charge in [-0.15, -0.1) is 0 Å². The van der Waals surface area contributed by atoms with Gasteiger partial charge in [-0.1, -0.05) is 23.7 Å². The van der Waals surface area contributed by atoms with E-state index in [1.54, 1.807) is 55.6 Å². The first-order valence-corrected chi connectivity index (χ1v) is 11.0. The van der Waals surface area contributed by atoms with Crippen molar-refractivity contribution in [2.75, 3.05) is 50.8 Å². The molecule has 0 saturated heterocycles. The molecule has 35 heavy (non-hydrogen) atoms. The van der Waals surface area contributed by atoms with Crippen LogP contribution in [-0.2, 0) is 19.0 Å². The van der Waals surface area contributed by atoms with Crippen molar-refractivity contribution in [3.8, 4) is 17.3 Å². The van der Waals surface area contributed by atoms with Crippen LogP contribution in [0.2, 0.25) is 5.02 Å². The molecular weight excluding hydrogens is 474 g/mol. The molecule has 10 nitrogen and oxygen atoms in total. The van der Waals surface area contributed by atoms with E-state index in [-0.39, 0.29) is 36.3 Å². The van der Waals surface area contributed by atoms with Gasteiger partial charge in [-0.25, -0.2) is 4.98 Å². The lowest BCUT2D eigenvalue weighted by molar-refractivity contribution is -0.121. The SMILES string of the molecule is COCCOCCOCC(=O)Nc1ccc(-c2nc(Nc3ccc(Cl)cc3)[nH]c(=O)c2C#N)cc1. The van der Waals surface area contributed by atoms with Gasteiger partial charge in [0.2, 0.25) is 11.9 Å². The van der Waals surface area contributed by atoms with Gasteiger partial charge in [-0.2, -0.15) is 5.26 Å². The number of hydrogen-bond acceptors (Lipinski definition) is 8. The number of aromatic nitrogens is 2. The molecule has 0 aliphatic heterocycles. The molecule has 0 bridgehead atoms. The number of H-pyrrole nitrogens is 1. The van der Waals surface area contributed by atoms with E-state index in [9.17, 15) is 14.9 Å².